The molecule has 0 aliphatic rings. The lowest BCUT2D eigenvalue weighted by Crippen LogP contribution is -2.35. The van der Waals surface area contributed by atoms with Gasteiger partial charge < -0.3 is 19.8 Å². The summed E-state index contributed by atoms with van der Waals surface area (Å²) in [4.78, 5) is 41.1. The quantitative estimate of drug-likeness (QED) is 0.0227. The minimum Gasteiger partial charge on any atom is -0.489 e. The van der Waals surface area contributed by atoms with Crippen molar-refractivity contribution in [2.45, 2.75) is 97.0 Å². The van der Waals surface area contributed by atoms with E-state index >= 15 is 0 Å². The van der Waals surface area contributed by atoms with Gasteiger partial charge in [0.25, 0.3) is 0 Å². The molecule has 7 aromatic carbocycles. The van der Waals surface area contributed by atoms with Crippen LogP contribution in [0.2, 0.25) is 0 Å². The normalized spacial score (nSPS) is 11.2. The van der Waals surface area contributed by atoms with Gasteiger partial charge in [0.15, 0.2) is 6.61 Å². The second-order valence-electron chi connectivity index (χ2n) is 18.5. The first-order chi connectivity index (χ1) is 37.4. The fraction of sp³-hybridized carbons (Fsp3) is 0.254. The summed E-state index contributed by atoms with van der Waals surface area (Å²) in [6.07, 6.45) is -1.03. The second-order valence-corrected chi connectivity index (χ2v) is 18.5. The average Bonchev–Trinajstić information content (AvgIpc) is 3.43. The Labute approximate surface area is 450 Å². The Hall–Kier alpha value is -8.19. The number of hydrogen-bond acceptors (Lipinski definition) is 6. The number of alkyl halides is 6. The van der Waals surface area contributed by atoms with Crippen LogP contribution in [-0.2, 0) is 83.6 Å². The first kappa shape index (κ1) is 59.1. The molecule has 2 N–H and O–H groups in total. The van der Waals surface area contributed by atoms with Crippen LogP contribution in [0, 0.1) is 11.8 Å². The number of carbonyl (C=O) groups excluding carboxylic acids is 1. The Balaban J connectivity index is 0.000000253. The molecule has 78 heavy (non-hydrogen) atoms. The van der Waals surface area contributed by atoms with Gasteiger partial charge in [0, 0.05) is 37.3 Å². The van der Waals surface area contributed by atoms with Crippen molar-refractivity contribution in [2.75, 3.05) is 6.61 Å². The van der Waals surface area contributed by atoms with Gasteiger partial charge in [-0.15, -0.1) is 0 Å². The number of amides is 1. The third-order valence-electron chi connectivity index (χ3n) is 12.3. The SMILES string of the molecule is CCCCCCc1ccc(CCc2ccc(CN(Cc3ccc(C(F)(F)F)cc3)C(=O)C(=O)O)cc2)cc1.O=C(O)CON(Cc1ccc(C#Cc2ccc(OCc3ccccc3)cc2)cc1)Cc1ccc(C(F)(F)F)cc1. The van der Waals surface area contributed by atoms with Crippen LogP contribution >= 0.6 is 0 Å². The topological polar surface area (TPSA) is 117 Å². The van der Waals surface area contributed by atoms with E-state index in [1.807, 2.05) is 103 Å². The van der Waals surface area contributed by atoms with Crippen LogP contribution in [0.5, 0.6) is 5.75 Å². The Morgan fingerprint density at radius 3 is 1.32 bits per heavy atom. The number of hydrogen-bond donors (Lipinski definition) is 2. The second kappa shape index (κ2) is 29.4. The molecule has 0 bridgehead atoms. The molecule has 0 saturated carbocycles. The van der Waals surface area contributed by atoms with Gasteiger partial charge in [-0.3, -0.25) is 9.63 Å². The zero-order valence-electron chi connectivity index (χ0n) is 43.0. The summed E-state index contributed by atoms with van der Waals surface area (Å²) in [5.41, 5.74) is 7.44. The van der Waals surface area contributed by atoms with Crippen molar-refractivity contribution in [3.05, 3.63) is 243 Å². The lowest BCUT2D eigenvalue weighted by molar-refractivity contribution is -0.190. The maximum Gasteiger partial charge on any atom is 0.416 e. The highest BCUT2D eigenvalue weighted by Gasteiger charge is 2.31. The molecule has 0 spiro atoms. The Morgan fingerprint density at radius 2 is 0.885 bits per heavy atom. The maximum atomic E-state index is 12.8. The first-order valence-corrected chi connectivity index (χ1v) is 25.4. The lowest BCUT2D eigenvalue weighted by atomic mass is 10.0. The van der Waals surface area contributed by atoms with Gasteiger partial charge in [0.1, 0.15) is 12.4 Å². The number of unbranched alkanes of at least 4 members (excludes halogenated alkanes) is 3. The van der Waals surface area contributed by atoms with E-state index in [0.29, 0.717) is 17.7 Å². The number of benzene rings is 7. The molecule has 0 aliphatic heterocycles. The fourth-order valence-electron chi connectivity index (χ4n) is 8.02. The van der Waals surface area contributed by atoms with Gasteiger partial charge in [-0.1, -0.05) is 153 Å². The number of nitrogens with zero attached hydrogens (tertiary/aromatic N) is 2. The van der Waals surface area contributed by atoms with Gasteiger partial charge in [-0.25, -0.2) is 9.59 Å². The van der Waals surface area contributed by atoms with Crippen LogP contribution in [-0.4, -0.2) is 44.6 Å². The number of carboxylic acid groups (broad SMARTS) is 2. The molecule has 7 rings (SSSR count). The standard InChI is InChI=1S/C32H26F3NO4.C31H34F3NO3/c33-32(34,35)29-16-12-27(13-17-29)21-36(40-23-31(37)38)20-26-10-8-24(9-11-26)6-7-25-14-18-30(19-15-25)39-22-28-4-2-1-3-5-28;1-2-3-4-5-6-23-7-9-24(10-8-23)11-12-25-13-15-26(16-14-25)21-35(29(36)30(37)38)22-27-17-19-28(20-18-27)31(32,33)34/h1-5,8-19H,20-23H2,(H,37,38);7-10,13-20H,2-6,11-12,21-22H2,1H3,(H,37,38). The van der Waals surface area contributed by atoms with Gasteiger partial charge in [0.2, 0.25) is 0 Å². The van der Waals surface area contributed by atoms with Gasteiger partial charge in [-0.05, 0) is 131 Å². The molecule has 406 valence electrons. The summed E-state index contributed by atoms with van der Waals surface area (Å²) in [5, 5.41) is 19.6. The molecule has 9 nitrogen and oxygen atoms in total. The van der Waals surface area contributed by atoms with Crippen molar-refractivity contribution in [1.82, 2.24) is 9.96 Å². The third kappa shape index (κ3) is 20.4. The van der Waals surface area contributed by atoms with E-state index in [0.717, 1.165) is 87.6 Å². The molecule has 1 amide bonds. The monoisotopic (exact) mass is 1070 g/mol. The smallest absolute Gasteiger partial charge is 0.416 e. The number of aryl methyl sites for hydroxylation is 3. The van der Waals surface area contributed by atoms with Crippen LogP contribution < -0.4 is 4.74 Å². The molecule has 0 saturated heterocycles. The summed E-state index contributed by atoms with van der Waals surface area (Å²) >= 11 is 0. The largest absolute Gasteiger partial charge is 0.489 e. The third-order valence-corrected chi connectivity index (χ3v) is 12.3. The van der Waals surface area contributed by atoms with Crippen LogP contribution in [0.15, 0.2) is 176 Å². The van der Waals surface area contributed by atoms with Gasteiger partial charge in [-0.2, -0.15) is 31.4 Å². The zero-order valence-corrected chi connectivity index (χ0v) is 43.0. The van der Waals surface area contributed by atoms with E-state index in [1.54, 1.807) is 0 Å². The molecule has 0 aliphatic carbocycles. The molecule has 7 aromatic rings. The van der Waals surface area contributed by atoms with E-state index in [4.69, 9.17) is 14.7 Å². The van der Waals surface area contributed by atoms with Crippen LogP contribution in [0.1, 0.15) is 99.4 Å². The summed E-state index contributed by atoms with van der Waals surface area (Å²) < 4.78 is 82.8. The number of halogens is 6. The van der Waals surface area contributed by atoms with Crippen LogP contribution in [0.3, 0.4) is 0 Å². The molecule has 0 unspecified atom stereocenters. The number of hydroxylamine groups is 2. The molecular weight excluding hydrogens is 1010 g/mol. The van der Waals surface area contributed by atoms with Gasteiger partial charge in [0.05, 0.1) is 11.1 Å². The van der Waals surface area contributed by atoms with Crippen LogP contribution in [0.25, 0.3) is 0 Å². The number of carboxylic acids is 2. The number of rotatable bonds is 22. The lowest BCUT2D eigenvalue weighted by Gasteiger charge is -2.21. The van der Waals surface area contributed by atoms with E-state index < -0.39 is 47.9 Å². The highest BCUT2D eigenvalue weighted by atomic mass is 19.4. The molecular formula is C63H60F6N2O7. The maximum absolute atomic E-state index is 12.8. The minimum atomic E-state index is -4.46. The summed E-state index contributed by atoms with van der Waals surface area (Å²) in [6.45, 7) is 2.39. The molecule has 0 radical (unpaired) electrons. The number of ether oxygens (including phenoxy) is 1. The molecule has 15 heteroatoms. The highest BCUT2D eigenvalue weighted by Crippen LogP contribution is 2.31. The van der Waals surface area contributed by atoms with E-state index in [9.17, 15) is 45.8 Å². The summed E-state index contributed by atoms with van der Waals surface area (Å²) in [5.74, 6) is 3.11. The van der Waals surface area contributed by atoms with Crippen molar-refractivity contribution in [3.8, 4) is 17.6 Å². The van der Waals surface area contributed by atoms with Crippen molar-refractivity contribution in [2.24, 2.45) is 0 Å². The Morgan fingerprint density at radius 1 is 0.474 bits per heavy atom. The minimum absolute atomic E-state index is 0.0339. The van der Waals surface area contributed by atoms with Crippen molar-refractivity contribution in [1.29, 1.82) is 0 Å². The fourth-order valence-corrected chi connectivity index (χ4v) is 8.02. The Bertz CT molecular complexity index is 3030. The van der Waals surface area contributed by atoms with Crippen molar-refractivity contribution in [3.63, 3.8) is 0 Å². The number of carbonyl (C=O) groups is 3. The van der Waals surface area contributed by atoms with Crippen molar-refractivity contribution < 1.29 is 60.5 Å². The van der Waals surface area contributed by atoms with E-state index in [2.05, 4.69) is 43.0 Å². The van der Waals surface area contributed by atoms with Crippen LogP contribution in [0.4, 0.5) is 26.3 Å². The Kier molecular flexibility index (Phi) is 22.2. The molecule has 0 fully saturated rings. The molecule has 0 atom stereocenters. The molecule has 0 aromatic heterocycles. The first-order valence-electron chi connectivity index (χ1n) is 25.4. The summed E-state index contributed by atoms with van der Waals surface area (Å²) in [6, 6.07) is 50.2. The van der Waals surface area contributed by atoms with E-state index in [-0.39, 0.29) is 26.2 Å². The molecule has 0 heterocycles. The predicted octanol–water partition coefficient (Wildman–Crippen LogP) is 13.9. The van der Waals surface area contributed by atoms with Crippen molar-refractivity contribution >= 4 is 17.8 Å². The number of aliphatic carboxylic acids is 2. The summed E-state index contributed by atoms with van der Waals surface area (Å²) in [7, 11) is 0. The van der Waals surface area contributed by atoms with E-state index in [1.165, 1.54) is 66.1 Å². The highest BCUT2D eigenvalue weighted by molar-refractivity contribution is 6.31. The van der Waals surface area contributed by atoms with Gasteiger partial charge >= 0.3 is 30.2 Å². The average molecular weight is 1070 g/mol. The predicted molar refractivity (Wildman–Crippen MR) is 285 cm³/mol. The zero-order chi connectivity index (χ0) is 55.9.